The molecule has 0 saturated heterocycles. The second-order valence-corrected chi connectivity index (χ2v) is 4.95. The topological polar surface area (TPSA) is 23.8 Å². The SMILES string of the molecule is N#CCc1cc(Cl)c(Br)c2sccc12. The minimum atomic E-state index is 0.403. The Balaban J connectivity index is 2.79. The van der Waals surface area contributed by atoms with E-state index in [0.29, 0.717) is 11.4 Å². The summed E-state index contributed by atoms with van der Waals surface area (Å²) in [6, 6.07) is 6.02. The number of hydrogen-bond acceptors (Lipinski definition) is 2. The molecule has 0 radical (unpaired) electrons. The Morgan fingerprint density at radius 2 is 2.36 bits per heavy atom. The first-order valence-electron chi connectivity index (χ1n) is 3.95. The van der Waals surface area contributed by atoms with E-state index in [2.05, 4.69) is 22.0 Å². The predicted octanol–water partition coefficient (Wildman–Crippen LogP) is 4.38. The zero-order chi connectivity index (χ0) is 10.1. The van der Waals surface area contributed by atoms with Crippen LogP contribution in [0.25, 0.3) is 10.1 Å². The molecule has 2 aromatic rings. The van der Waals surface area contributed by atoms with Crippen LogP contribution in [-0.2, 0) is 6.42 Å². The predicted molar refractivity (Wildman–Crippen MR) is 63.9 cm³/mol. The Morgan fingerprint density at radius 1 is 1.57 bits per heavy atom. The van der Waals surface area contributed by atoms with E-state index in [4.69, 9.17) is 16.9 Å². The molecule has 70 valence electrons. The number of benzene rings is 1. The molecular weight excluding hydrogens is 282 g/mol. The first-order chi connectivity index (χ1) is 6.74. The summed E-state index contributed by atoms with van der Waals surface area (Å²) in [5.74, 6) is 0. The molecule has 0 spiro atoms. The Morgan fingerprint density at radius 3 is 3.07 bits per heavy atom. The van der Waals surface area contributed by atoms with Gasteiger partial charge in [0.25, 0.3) is 0 Å². The van der Waals surface area contributed by atoms with Crippen molar-refractivity contribution in [3.8, 4) is 6.07 Å². The molecule has 14 heavy (non-hydrogen) atoms. The fourth-order valence-corrected chi connectivity index (χ4v) is 3.14. The van der Waals surface area contributed by atoms with Crippen LogP contribution in [0.15, 0.2) is 22.0 Å². The molecule has 0 amide bonds. The average molecular weight is 287 g/mol. The van der Waals surface area contributed by atoms with Gasteiger partial charge >= 0.3 is 0 Å². The molecule has 4 heteroatoms. The fraction of sp³-hybridized carbons (Fsp3) is 0.100. The first kappa shape index (κ1) is 9.97. The van der Waals surface area contributed by atoms with Gasteiger partial charge in [-0.3, -0.25) is 0 Å². The van der Waals surface area contributed by atoms with E-state index in [1.165, 1.54) is 0 Å². The number of rotatable bonds is 1. The lowest BCUT2D eigenvalue weighted by Gasteiger charge is -2.02. The number of thiophene rings is 1. The van der Waals surface area contributed by atoms with Crippen LogP contribution in [0.2, 0.25) is 5.02 Å². The summed E-state index contributed by atoms with van der Waals surface area (Å²) in [6.07, 6.45) is 0.403. The van der Waals surface area contributed by atoms with E-state index in [9.17, 15) is 0 Å². The molecule has 2 rings (SSSR count). The molecule has 0 bridgehead atoms. The summed E-state index contributed by atoms with van der Waals surface area (Å²) in [5, 5.41) is 12.5. The lowest BCUT2D eigenvalue weighted by Crippen LogP contribution is -1.83. The van der Waals surface area contributed by atoms with E-state index in [-0.39, 0.29) is 0 Å². The number of nitrogens with zero attached hydrogens (tertiary/aromatic N) is 1. The molecule has 1 aromatic carbocycles. The molecule has 0 fully saturated rings. The maximum Gasteiger partial charge on any atom is 0.0669 e. The van der Waals surface area contributed by atoms with Gasteiger partial charge in [0.2, 0.25) is 0 Å². The lowest BCUT2D eigenvalue weighted by molar-refractivity contribution is 1.29. The molecule has 0 aliphatic rings. The summed E-state index contributed by atoms with van der Waals surface area (Å²) in [7, 11) is 0. The molecule has 0 saturated carbocycles. The average Bonchev–Trinajstić information content (AvgIpc) is 2.63. The van der Waals surface area contributed by atoms with Crippen LogP contribution >= 0.6 is 38.9 Å². The third kappa shape index (κ3) is 1.54. The highest BCUT2D eigenvalue weighted by Crippen LogP contribution is 2.37. The smallest absolute Gasteiger partial charge is 0.0669 e. The Bertz CT molecular complexity index is 527. The molecule has 0 unspecified atom stereocenters. The minimum Gasteiger partial charge on any atom is -0.198 e. The second kappa shape index (κ2) is 3.90. The van der Waals surface area contributed by atoms with Gasteiger partial charge in [0.15, 0.2) is 0 Å². The summed E-state index contributed by atoms with van der Waals surface area (Å²) in [4.78, 5) is 0. The van der Waals surface area contributed by atoms with Crippen LogP contribution < -0.4 is 0 Å². The maximum atomic E-state index is 8.68. The van der Waals surface area contributed by atoms with Crippen molar-refractivity contribution >= 4 is 49.0 Å². The van der Waals surface area contributed by atoms with Gasteiger partial charge in [0.1, 0.15) is 0 Å². The van der Waals surface area contributed by atoms with Crippen LogP contribution in [0, 0.1) is 11.3 Å². The van der Waals surface area contributed by atoms with Gasteiger partial charge in [0, 0.05) is 0 Å². The largest absolute Gasteiger partial charge is 0.198 e. The minimum absolute atomic E-state index is 0.403. The van der Waals surface area contributed by atoms with Crippen molar-refractivity contribution in [2.75, 3.05) is 0 Å². The zero-order valence-corrected chi connectivity index (χ0v) is 10.2. The molecule has 0 atom stereocenters. The second-order valence-electron chi connectivity index (χ2n) is 2.83. The van der Waals surface area contributed by atoms with Crippen molar-refractivity contribution in [3.05, 3.63) is 32.6 Å². The lowest BCUT2D eigenvalue weighted by atomic mass is 10.1. The Labute approximate surface area is 99.0 Å². The van der Waals surface area contributed by atoms with Crippen molar-refractivity contribution < 1.29 is 0 Å². The Kier molecular flexibility index (Phi) is 2.78. The molecule has 0 aliphatic heterocycles. The standard InChI is InChI=1S/C10H5BrClNS/c11-9-8(12)5-6(1-3-13)7-2-4-14-10(7)9/h2,4-5H,1H2. The summed E-state index contributed by atoms with van der Waals surface area (Å²) < 4.78 is 2.04. The molecule has 1 aromatic heterocycles. The third-order valence-corrected chi connectivity index (χ3v) is 4.54. The Hall–Kier alpha value is -0.560. The van der Waals surface area contributed by atoms with Crippen LogP contribution in [0.3, 0.4) is 0 Å². The van der Waals surface area contributed by atoms with Crippen molar-refractivity contribution in [1.29, 1.82) is 5.26 Å². The van der Waals surface area contributed by atoms with Crippen LogP contribution in [0.5, 0.6) is 0 Å². The summed E-state index contributed by atoms with van der Waals surface area (Å²) in [6.45, 7) is 0. The monoisotopic (exact) mass is 285 g/mol. The number of hydrogen-bond donors (Lipinski definition) is 0. The fourth-order valence-electron chi connectivity index (χ4n) is 1.37. The van der Waals surface area contributed by atoms with Crippen molar-refractivity contribution in [2.24, 2.45) is 0 Å². The molecule has 0 aliphatic carbocycles. The van der Waals surface area contributed by atoms with E-state index < -0.39 is 0 Å². The van der Waals surface area contributed by atoms with Gasteiger partial charge in [-0.15, -0.1) is 11.3 Å². The molecule has 1 heterocycles. The van der Waals surface area contributed by atoms with Gasteiger partial charge < -0.3 is 0 Å². The van der Waals surface area contributed by atoms with E-state index in [1.54, 1.807) is 11.3 Å². The van der Waals surface area contributed by atoms with Gasteiger partial charge in [-0.05, 0) is 44.4 Å². The van der Waals surface area contributed by atoms with Crippen molar-refractivity contribution in [3.63, 3.8) is 0 Å². The van der Waals surface area contributed by atoms with E-state index in [1.807, 2.05) is 17.5 Å². The highest BCUT2D eigenvalue weighted by Gasteiger charge is 2.09. The van der Waals surface area contributed by atoms with E-state index >= 15 is 0 Å². The van der Waals surface area contributed by atoms with Gasteiger partial charge in [0.05, 0.1) is 26.7 Å². The third-order valence-electron chi connectivity index (χ3n) is 1.99. The number of fused-ring (bicyclic) bond motifs is 1. The zero-order valence-electron chi connectivity index (χ0n) is 7.05. The van der Waals surface area contributed by atoms with Crippen LogP contribution in [0.1, 0.15) is 5.56 Å². The van der Waals surface area contributed by atoms with Crippen LogP contribution in [-0.4, -0.2) is 0 Å². The molecule has 0 N–H and O–H groups in total. The van der Waals surface area contributed by atoms with E-state index in [0.717, 1.165) is 20.1 Å². The quantitative estimate of drug-likeness (QED) is 0.763. The highest BCUT2D eigenvalue weighted by atomic mass is 79.9. The maximum absolute atomic E-state index is 8.68. The summed E-state index contributed by atoms with van der Waals surface area (Å²) in [5.41, 5.74) is 0.997. The van der Waals surface area contributed by atoms with Gasteiger partial charge in [-0.1, -0.05) is 11.6 Å². The molecular formula is C10H5BrClNS. The summed E-state index contributed by atoms with van der Waals surface area (Å²) >= 11 is 11.1. The van der Waals surface area contributed by atoms with Gasteiger partial charge in [-0.25, -0.2) is 0 Å². The van der Waals surface area contributed by atoms with Crippen molar-refractivity contribution in [2.45, 2.75) is 6.42 Å². The highest BCUT2D eigenvalue weighted by molar-refractivity contribution is 9.10. The molecule has 1 nitrogen and oxygen atoms in total. The van der Waals surface area contributed by atoms with Gasteiger partial charge in [-0.2, -0.15) is 5.26 Å². The number of nitriles is 1. The normalized spacial score (nSPS) is 10.4. The van der Waals surface area contributed by atoms with Crippen molar-refractivity contribution in [1.82, 2.24) is 0 Å². The van der Waals surface area contributed by atoms with Crippen LogP contribution in [0.4, 0.5) is 0 Å². The number of halogens is 2. The first-order valence-corrected chi connectivity index (χ1v) is 6.00.